The predicted molar refractivity (Wildman–Crippen MR) is 59.8 cm³/mol. The number of pyridine rings is 1. The quantitative estimate of drug-likeness (QED) is 0.594. The molecule has 1 aromatic heterocycles. The summed E-state index contributed by atoms with van der Waals surface area (Å²) in [5.74, 6) is 0.360. The van der Waals surface area contributed by atoms with E-state index in [1.807, 2.05) is 24.3 Å². The van der Waals surface area contributed by atoms with Crippen molar-refractivity contribution in [3.8, 4) is 0 Å². The van der Waals surface area contributed by atoms with Crippen LogP contribution < -0.4 is 16.6 Å². The summed E-state index contributed by atoms with van der Waals surface area (Å²) in [4.78, 5) is 8.56. The third-order valence-corrected chi connectivity index (χ3v) is 2.30. The summed E-state index contributed by atoms with van der Waals surface area (Å²) in [6, 6.07) is 7.83. The maximum atomic E-state index is 5.60. The van der Waals surface area contributed by atoms with Crippen molar-refractivity contribution in [3.63, 3.8) is 0 Å². The second-order valence-corrected chi connectivity index (χ2v) is 3.28. The first-order chi connectivity index (χ1) is 7.34. The molecule has 5 nitrogen and oxygen atoms in total. The Labute approximate surface area is 86.0 Å². The molecule has 74 valence electrons. The molecule has 0 saturated carbocycles. The average molecular weight is 199 g/mol. The molecule has 0 saturated heterocycles. The summed E-state index contributed by atoms with van der Waals surface area (Å²) in [6.07, 6.45) is 1.74. The first-order valence-electron chi connectivity index (χ1n) is 4.58. The van der Waals surface area contributed by atoms with Gasteiger partial charge in [0.05, 0.1) is 17.4 Å². The van der Waals surface area contributed by atoms with Gasteiger partial charge in [-0.3, -0.25) is 15.8 Å². The molecule has 1 aromatic carbocycles. The molecule has 3 rings (SSSR count). The predicted octanol–water partition coefficient (Wildman–Crippen LogP) is 1.11. The number of aromatic nitrogens is 1. The number of nitrogens with zero attached hydrogens (tertiary/aromatic N) is 2. The lowest BCUT2D eigenvalue weighted by Gasteiger charge is -2.17. The monoisotopic (exact) mass is 199 g/mol. The van der Waals surface area contributed by atoms with Crippen molar-refractivity contribution >= 4 is 28.2 Å². The fraction of sp³-hybridized carbons (Fsp3) is 0. The van der Waals surface area contributed by atoms with Crippen molar-refractivity contribution in [1.29, 1.82) is 0 Å². The number of benzene rings is 1. The molecule has 0 spiro atoms. The summed E-state index contributed by atoms with van der Waals surface area (Å²) >= 11 is 0. The lowest BCUT2D eigenvalue weighted by Crippen LogP contribution is -2.38. The van der Waals surface area contributed by atoms with Crippen LogP contribution in [0.15, 0.2) is 35.5 Å². The van der Waals surface area contributed by atoms with Crippen LogP contribution in [0.2, 0.25) is 0 Å². The SMILES string of the molecule is NC1=Nc2c(cnc3ccccc23)NN1. The summed E-state index contributed by atoms with van der Waals surface area (Å²) in [5, 5.41) is 0.993. The van der Waals surface area contributed by atoms with Crippen molar-refractivity contribution in [2.75, 3.05) is 5.43 Å². The number of hydrogen-bond acceptors (Lipinski definition) is 5. The average Bonchev–Trinajstić information content (AvgIpc) is 2.29. The van der Waals surface area contributed by atoms with E-state index in [-0.39, 0.29) is 0 Å². The van der Waals surface area contributed by atoms with Crippen molar-refractivity contribution in [2.45, 2.75) is 0 Å². The Balaban J connectivity index is 2.39. The van der Waals surface area contributed by atoms with Gasteiger partial charge in [0.1, 0.15) is 5.69 Å². The number of nitrogens with two attached hydrogens (primary N) is 1. The van der Waals surface area contributed by atoms with Crippen LogP contribution in [-0.4, -0.2) is 10.9 Å². The van der Waals surface area contributed by atoms with Gasteiger partial charge in [-0.25, -0.2) is 4.99 Å². The molecule has 0 fully saturated rings. The third-order valence-electron chi connectivity index (χ3n) is 2.30. The molecule has 2 heterocycles. The Bertz CT molecular complexity index is 561. The summed E-state index contributed by atoms with van der Waals surface area (Å²) in [7, 11) is 0. The first kappa shape index (κ1) is 8.05. The van der Waals surface area contributed by atoms with Crippen molar-refractivity contribution < 1.29 is 0 Å². The largest absolute Gasteiger partial charge is 0.368 e. The highest BCUT2D eigenvalue weighted by Crippen LogP contribution is 2.33. The van der Waals surface area contributed by atoms with E-state index in [1.165, 1.54) is 0 Å². The van der Waals surface area contributed by atoms with Gasteiger partial charge in [0, 0.05) is 5.39 Å². The van der Waals surface area contributed by atoms with Gasteiger partial charge in [0.2, 0.25) is 5.96 Å². The number of hydrogen-bond donors (Lipinski definition) is 3. The van der Waals surface area contributed by atoms with Crippen LogP contribution in [-0.2, 0) is 0 Å². The molecule has 0 atom stereocenters. The number of hydrazine groups is 1. The van der Waals surface area contributed by atoms with Crippen LogP contribution in [0.3, 0.4) is 0 Å². The zero-order valence-corrected chi connectivity index (χ0v) is 7.86. The van der Waals surface area contributed by atoms with Gasteiger partial charge in [0.15, 0.2) is 0 Å². The van der Waals surface area contributed by atoms with Crippen LogP contribution in [0.25, 0.3) is 10.9 Å². The maximum absolute atomic E-state index is 5.60. The molecule has 4 N–H and O–H groups in total. The molecule has 0 amide bonds. The van der Waals surface area contributed by atoms with Crippen LogP contribution in [0, 0.1) is 0 Å². The van der Waals surface area contributed by atoms with Gasteiger partial charge in [-0.1, -0.05) is 18.2 Å². The fourth-order valence-corrected chi connectivity index (χ4v) is 1.62. The lowest BCUT2D eigenvalue weighted by atomic mass is 10.1. The number of rotatable bonds is 0. The summed E-state index contributed by atoms with van der Waals surface area (Å²) < 4.78 is 0. The Kier molecular flexibility index (Phi) is 1.53. The maximum Gasteiger partial charge on any atom is 0.212 e. The number of nitrogens with one attached hydrogen (secondary N) is 2. The normalized spacial score (nSPS) is 13.7. The smallest absolute Gasteiger partial charge is 0.212 e. The minimum absolute atomic E-state index is 0.360. The molecule has 0 radical (unpaired) electrons. The molecular weight excluding hydrogens is 190 g/mol. The van der Waals surface area contributed by atoms with Crippen LogP contribution in [0.4, 0.5) is 11.4 Å². The molecule has 0 unspecified atom stereocenters. The van der Waals surface area contributed by atoms with Crippen LogP contribution >= 0.6 is 0 Å². The van der Waals surface area contributed by atoms with E-state index < -0.39 is 0 Å². The van der Waals surface area contributed by atoms with E-state index in [0.29, 0.717) is 5.96 Å². The molecule has 0 bridgehead atoms. The van der Waals surface area contributed by atoms with Gasteiger partial charge in [-0.15, -0.1) is 0 Å². The Morgan fingerprint density at radius 1 is 1.13 bits per heavy atom. The highest BCUT2D eigenvalue weighted by atomic mass is 15.4. The topological polar surface area (TPSA) is 75.3 Å². The fourth-order valence-electron chi connectivity index (χ4n) is 1.62. The number of para-hydroxylation sites is 1. The number of aliphatic imine (C=N–C) groups is 1. The van der Waals surface area contributed by atoms with E-state index in [4.69, 9.17) is 5.73 Å². The second kappa shape index (κ2) is 2.84. The molecule has 2 aromatic rings. The number of guanidine groups is 1. The van der Waals surface area contributed by atoms with Crippen LogP contribution in [0.1, 0.15) is 0 Å². The molecule has 1 aliphatic heterocycles. The Morgan fingerprint density at radius 2 is 2.00 bits per heavy atom. The summed E-state index contributed by atoms with van der Waals surface area (Å²) in [6.45, 7) is 0. The van der Waals surface area contributed by atoms with E-state index in [0.717, 1.165) is 22.3 Å². The zero-order valence-electron chi connectivity index (χ0n) is 7.86. The van der Waals surface area contributed by atoms with Crippen molar-refractivity contribution in [3.05, 3.63) is 30.5 Å². The molecule has 0 aliphatic carbocycles. The van der Waals surface area contributed by atoms with Gasteiger partial charge < -0.3 is 5.73 Å². The molecule has 5 heteroatoms. The lowest BCUT2D eigenvalue weighted by molar-refractivity contribution is 1.06. The highest BCUT2D eigenvalue weighted by molar-refractivity contribution is 6.01. The standard InChI is InChI=1S/C10H9N5/c11-10-13-9-6-3-1-2-4-7(6)12-5-8(9)14-15-10/h1-5,14H,(H3,11,13,15). The van der Waals surface area contributed by atoms with Crippen molar-refractivity contribution in [2.24, 2.45) is 10.7 Å². The third kappa shape index (κ3) is 1.17. The molecule has 15 heavy (non-hydrogen) atoms. The summed E-state index contributed by atoms with van der Waals surface area (Å²) in [5.41, 5.74) is 13.9. The number of anilines is 1. The minimum atomic E-state index is 0.360. The minimum Gasteiger partial charge on any atom is -0.368 e. The number of fused-ring (bicyclic) bond motifs is 3. The van der Waals surface area contributed by atoms with Crippen molar-refractivity contribution in [1.82, 2.24) is 10.4 Å². The second-order valence-electron chi connectivity index (χ2n) is 3.28. The van der Waals surface area contributed by atoms with Gasteiger partial charge >= 0.3 is 0 Å². The first-order valence-corrected chi connectivity index (χ1v) is 4.58. The van der Waals surface area contributed by atoms with E-state index in [2.05, 4.69) is 20.8 Å². The molecular formula is C10H9N5. The zero-order chi connectivity index (χ0) is 10.3. The molecule has 1 aliphatic rings. The van der Waals surface area contributed by atoms with E-state index in [9.17, 15) is 0 Å². The Morgan fingerprint density at radius 3 is 2.93 bits per heavy atom. The van der Waals surface area contributed by atoms with Gasteiger partial charge in [-0.2, -0.15) is 0 Å². The van der Waals surface area contributed by atoms with E-state index in [1.54, 1.807) is 6.20 Å². The van der Waals surface area contributed by atoms with E-state index >= 15 is 0 Å². The Hall–Kier alpha value is -2.30. The van der Waals surface area contributed by atoms with Crippen LogP contribution in [0.5, 0.6) is 0 Å². The van der Waals surface area contributed by atoms with Gasteiger partial charge in [0.25, 0.3) is 0 Å². The highest BCUT2D eigenvalue weighted by Gasteiger charge is 2.12. The van der Waals surface area contributed by atoms with Gasteiger partial charge in [-0.05, 0) is 6.07 Å².